The van der Waals surface area contributed by atoms with E-state index < -0.39 is 0 Å². The minimum atomic E-state index is -0.128. The van der Waals surface area contributed by atoms with E-state index in [-0.39, 0.29) is 10.3 Å². The molecule has 0 N–H and O–H groups in total. The maximum absolute atomic E-state index is 6.36. The van der Waals surface area contributed by atoms with Gasteiger partial charge in [0.05, 0.1) is 0 Å². The summed E-state index contributed by atoms with van der Waals surface area (Å²) in [5.41, 5.74) is 0.183. The Morgan fingerprint density at radius 2 is 1.25 bits per heavy atom. The lowest BCUT2D eigenvalue weighted by molar-refractivity contribution is 0.129. The van der Waals surface area contributed by atoms with E-state index in [9.17, 15) is 0 Å². The van der Waals surface area contributed by atoms with Crippen LogP contribution in [0.15, 0.2) is 0 Å². The molecule has 0 amide bonds. The van der Waals surface area contributed by atoms with Gasteiger partial charge in [0, 0.05) is 4.87 Å². The second kappa shape index (κ2) is 3.57. The van der Waals surface area contributed by atoms with E-state index in [1.165, 1.54) is 0 Å². The first-order chi connectivity index (χ1) is 5.10. The van der Waals surface area contributed by atoms with Crippen LogP contribution >= 0.6 is 11.6 Å². The number of alkyl halides is 1. The molecule has 0 aliphatic carbocycles. The monoisotopic (exact) mass is 190 g/mol. The fourth-order valence-corrected chi connectivity index (χ4v) is 1.55. The number of rotatable bonds is 3. The minimum absolute atomic E-state index is 0.128. The highest BCUT2D eigenvalue weighted by atomic mass is 35.5. The van der Waals surface area contributed by atoms with E-state index in [0.29, 0.717) is 11.8 Å². The lowest BCUT2D eigenvalue weighted by atomic mass is 9.67. The smallest absolute Gasteiger partial charge is 0.0444 e. The van der Waals surface area contributed by atoms with Crippen LogP contribution in [0.5, 0.6) is 0 Å². The molecule has 0 aromatic carbocycles. The van der Waals surface area contributed by atoms with Gasteiger partial charge in [-0.3, -0.25) is 0 Å². The predicted octanol–water partition coefficient (Wildman–Crippen LogP) is 4.32. The van der Waals surface area contributed by atoms with E-state index in [0.717, 1.165) is 0 Å². The third-order valence-corrected chi connectivity index (χ3v) is 4.16. The second-order valence-corrected chi connectivity index (χ2v) is 6.17. The van der Waals surface area contributed by atoms with Crippen LogP contribution in [-0.2, 0) is 0 Å². The second-order valence-electron chi connectivity index (χ2n) is 5.23. The van der Waals surface area contributed by atoms with Crippen molar-refractivity contribution in [3.8, 4) is 0 Å². The fraction of sp³-hybridized carbons (Fsp3) is 1.00. The summed E-state index contributed by atoms with van der Waals surface area (Å²) in [7, 11) is 0. The van der Waals surface area contributed by atoms with Crippen molar-refractivity contribution in [2.24, 2.45) is 17.3 Å². The summed E-state index contributed by atoms with van der Waals surface area (Å²) in [5, 5.41) is 0. The van der Waals surface area contributed by atoms with Crippen molar-refractivity contribution in [1.29, 1.82) is 0 Å². The first-order valence-electron chi connectivity index (χ1n) is 4.79. The Morgan fingerprint density at radius 1 is 0.917 bits per heavy atom. The van der Waals surface area contributed by atoms with E-state index in [2.05, 4.69) is 48.5 Å². The van der Waals surface area contributed by atoms with Gasteiger partial charge in [0.25, 0.3) is 0 Å². The molecule has 12 heavy (non-hydrogen) atoms. The summed E-state index contributed by atoms with van der Waals surface area (Å²) < 4.78 is 0. The average molecular weight is 191 g/mol. The van der Waals surface area contributed by atoms with Crippen molar-refractivity contribution >= 4 is 11.6 Å². The van der Waals surface area contributed by atoms with Crippen LogP contribution in [-0.4, -0.2) is 4.87 Å². The summed E-state index contributed by atoms with van der Waals surface area (Å²) in [4.78, 5) is -0.128. The summed E-state index contributed by atoms with van der Waals surface area (Å²) >= 11 is 6.36. The quantitative estimate of drug-likeness (QED) is 0.582. The lowest BCUT2D eigenvalue weighted by Gasteiger charge is -2.43. The van der Waals surface area contributed by atoms with Crippen LogP contribution in [0, 0.1) is 17.3 Å². The van der Waals surface area contributed by atoms with E-state index in [1.807, 2.05) is 0 Å². The van der Waals surface area contributed by atoms with Crippen LogP contribution in [0.2, 0.25) is 0 Å². The van der Waals surface area contributed by atoms with Crippen molar-refractivity contribution in [1.82, 2.24) is 0 Å². The Labute approximate surface area is 82.7 Å². The fourth-order valence-electron chi connectivity index (χ4n) is 1.37. The highest BCUT2D eigenvalue weighted by Gasteiger charge is 2.40. The molecule has 1 atom stereocenters. The molecule has 1 heteroatoms. The first kappa shape index (κ1) is 12.3. The van der Waals surface area contributed by atoms with E-state index in [1.54, 1.807) is 0 Å². The van der Waals surface area contributed by atoms with Crippen molar-refractivity contribution in [3.05, 3.63) is 0 Å². The molecule has 74 valence electrons. The zero-order valence-corrected chi connectivity index (χ0v) is 10.3. The van der Waals surface area contributed by atoms with Gasteiger partial charge in [-0.15, -0.1) is 11.6 Å². The molecule has 0 spiro atoms. The Hall–Kier alpha value is 0.290. The van der Waals surface area contributed by atoms with Crippen molar-refractivity contribution < 1.29 is 0 Å². The topological polar surface area (TPSA) is 0 Å². The Balaban J connectivity index is 4.61. The van der Waals surface area contributed by atoms with Crippen LogP contribution in [0.25, 0.3) is 0 Å². The average Bonchev–Trinajstić information content (AvgIpc) is 1.83. The molecule has 0 bridgehead atoms. The number of hydrogen-bond donors (Lipinski definition) is 0. The van der Waals surface area contributed by atoms with Crippen molar-refractivity contribution in [3.63, 3.8) is 0 Å². The predicted molar refractivity (Wildman–Crippen MR) is 57.7 cm³/mol. The Morgan fingerprint density at radius 3 is 1.33 bits per heavy atom. The third-order valence-electron chi connectivity index (χ3n) is 3.67. The molecule has 0 saturated carbocycles. The standard InChI is InChI=1S/C11H23Cl/c1-8(2)9(3)10(4,5)11(6,7)12/h8-9H,1-7H3. The molecular weight excluding hydrogens is 168 g/mol. The first-order valence-corrected chi connectivity index (χ1v) is 5.17. The van der Waals surface area contributed by atoms with Crippen LogP contribution in [0.1, 0.15) is 48.5 Å². The number of halogens is 1. The maximum Gasteiger partial charge on any atom is 0.0444 e. The van der Waals surface area contributed by atoms with Crippen LogP contribution in [0.4, 0.5) is 0 Å². The highest BCUT2D eigenvalue weighted by Crippen LogP contribution is 2.44. The summed E-state index contributed by atoms with van der Waals surface area (Å²) in [6.45, 7) is 15.5. The Bertz CT molecular complexity index is 140. The van der Waals surface area contributed by atoms with Gasteiger partial charge >= 0.3 is 0 Å². The third kappa shape index (κ3) is 2.39. The molecule has 0 aliphatic heterocycles. The molecule has 0 aromatic heterocycles. The van der Waals surface area contributed by atoms with E-state index >= 15 is 0 Å². The Kier molecular flexibility index (Phi) is 3.66. The van der Waals surface area contributed by atoms with Crippen molar-refractivity contribution in [2.45, 2.75) is 53.3 Å². The maximum atomic E-state index is 6.36. The molecule has 0 nitrogen and oxygen atoms in total. The largest absolute Gasteiger partial charge is 0.119 e. The minimum Gasteiger partial charge on any atom is -0.119 e. The molecule has 1 unspecified atom stereocenters. The zero-order valence-electron chi connectivity index (χ0n) is 9.53. The van der Waals surface area contributed by atoms with Gasteiger partial charge in [-0.2, -0.15) is 0 Å². The molecule has 0 aliphatic rings. The zero-order chi connectivity index (χ0) is 10.2. The van der Waals surface area contributed by atoms with Gasteiger partial charge in [0.15, 0.2) is 0 Å². The molecule has 0 saturated heterocycles. The molecule has 0 rings (SSSR count). The van der Waals surface area contributed by atoms with Gasteiger partial charge in [-0.25, -0.2) is 0 Å². The summed E-state index contributed by atoms with van der Waals surface area (Å²) in [6, 6.07) is 0. The highest BCUT2D eigenvalue weighted by molar-refractivity contribution is 6.23. The molecule has 0 fully saturated rings. The summed E-state index contributed by atoms with van der Waals surface area (Å²) in [6.07, 6.45) is 0. The molecular formula is C11H23Cl. The van der Waals surface area contributed by atoms with Crippen LogP contribution < -0.4 is 0 Å². The summed E-state index contributed by atoms with van der Waals surface area (Å²) in [5.74, 6) is 1.34. The normalized spacial score (nSPS) is 16.8. The van der Waals surface area contributed by atoms with E-state index in [4.69, 9.17) is 11.6 Å². The molecule has 0 aromatic rings. The number of hydrogen-bond acceptors (Lipinski definition) is 0. The molecule has 0 radical (unpaired) electrons. The van der Waals surface area contributed by atoms with Crippen molar-refractivity contribution in [2.75, 3.05) is 0 Å². The lowest BCUT2D eigenvalue weighted by Crippen LogP contribution is -2.41. The SMILES string of the molecule is CC(C)C(C)C(C)(C)C(C)(C)Cl. The van der Waals surface area contributed by atoms with Gasteiger partial charge in [-0.05, 0) is 31.1 Å². The van der Waals surface area contributed by atoms with Crippen LogP contribution in [0.3, 0.4) is 0 Å². The van der Waals surface area contributed by atoms with Gasteiger partial charge in [0.1, 0.15) is 0 Å². The van der Waals surface area contributed by atoms with Gasteiger partial charge < -0.3 is 0 Å². The van der Waals surface area contributed by atoms with Gasteiger partial charge in [0.2, 0.25) is 0 Å². The van der Waals surface area contributed by atoms with Gasteiger partial charge in [-0.1, -0.05) is 34.6 Å². The molecule has 0 heterocycles.